The Labute approximate surface area is 104 Å². The van der Waals surface area contributed by atoms with Crippen molar-refractivity contribution in [2.75, 3.05) is 7.05 Å². The molecule has 1 unspecified atom stereocenters. The summed E-state index contributed by atoms with van der Waals surface area (Å²) in [5.74, 6) is -0.0657. The van der Waals surface area contributed by atoms with Gasteiger partial charge < -0.3 is 4.90 Å². The first kappa shape index (κ1) is 12.7. The van der Waals surface area contributed by atoms with E-state index in [2.05, 4.69) is 22.0 Å². The number of benzene rings is 1. The fraction of sp³-hybridized carbons (Fsp3) is 0.333. The highest BCUT2D eigenvalue weighted by atomic mass is 79.9. The van der Waals surface area contributed by atoms with Crippen LogP contribution in [0.4, 0.5) is 0 Å². The number of amides is 1. The molecule has 1 amide bonds. The maximum Gasteiger partial charge on any atom is 0.253 e. The summed E-state index contributed by atoms with van der Waals surface area (Å²) < 4.78 is 0.875. The van der Waals surface area contributed by atoms with Gasteiger partial charge in [-0.05, 0) is 25.1 Å². The number of hydrogen-bond acceptors (Lipinski definition) is 2. The van der Waals surface area contributed by atoms with Crippen molar-refractivity contribution in [3.8, 4) is 6.07 Å². The maximum absolute atomic E-state index is 12.0. The summed E-state index contributed by atoms with van der Waals surface area (Å²) in [5, 5.41) is 8.59. The van der Waals surface area contributed by atoms with E-state index in [4.69, 9.17) is 5.26 Å². The van der Waals surface area contributed by atoms with E-state index in [-0.39, 0.29) is 11.9 Å². The number of halogens is 1. The number of carbonyl (C=O) groups is 1. The van der Waals surface area contributed by atoms with Crippen LogP contribution >= 0.6 is 15.9 Å². The van der Waals surface area contributed by atoms with Crippen LogP contribution in [-0.2, 0) is 0 Å². The molecule has 16 heavy (non-hydrogen) atoms. The van der Waals surface area contributed by atoms with Crippen LogP contribution in [0, 0.1) is 11.3 Å². The lowest BCUT2D eigenvalue weighted by Crippen LogP contribution is -2.34. The van der Waals surface area contributed by atoms with Crippen molar-refractivity contribution in [2.45, 2.75) is 19.4 Å². The van der Waals surface area contributed by atoms with Gasteiger partial charge in [0.05, 0.1) is 12.5 Å². The van der Waals surface area contributed by atoms with Crippen molar-refractivity contribution in [1.29, 1.82) is 5.26 Å². The SMILES string of the molecule is CC(CC#N)N(C)C(=O)c1cccc(Br)c1. The van der Waals surface area contributed by atoms with E-state index in [9.17, 15) is 4.79 Å². The predicted molar refractivity (Wildman–Crippen MR) is 65.9 cm³/mol. The Morgan fingerprint density at radius 3 is 2.88 bits per heavy atom. The number of nitriles is 1. The molecule has 0 N–H and O–H groups in total. The standard InChI is InChI=1S/C12H13BrN2O/c1-9(6-7-14)15(2)12(16)10-4-3-5-11(13)8-10/h3-5,8-9H,6H2,1-2H3. The molecule has 84 valence electrons. The molecule has 1 aromatic carbocycles. The normalized spacial score (nSPS) is 11.6. The molecule has 4 heteroatoms. The molecule has 1 aromatic rings. The van der Waals surface area contributed by atoms with E-state index in [1.165, 1.54) is 0 Å². The molecular formula is C12H13BrN2O. The first-order valence-corrected chi connectivity index (χ1v) is 5.75. The molecule has 3 nitrogen and oxygen atoms in total. The molecule has 0 aromatic heterocycles. The lowest BCUT2D eigenvalue weighted by atomic mass is 10.1. The van der Waals surface area contributed by atoms with E-state index in [1.807, 2.05) is 19.1 Å². The lowest BCUT2D eigenvalue weighted by molar-refractivity contribution is 0.0746. The largest absolute Gasteiger partial charge is 0.338 e. The van der Waals surface area contributed by atoms with Gasteiger partial charge in [0, 0.05) is 23.1 Å². The van der Waals surface area contributed by atoms with E-state index in [0.29, 0.717) is 12.0 Å². The second-order valence-electron chi connectivity index (χ2n) is 3.64. The highest BCUT2D eigenvalue weighted by Gasteiger charge is 2.17. The van der Waals surface area contributed by atoms with Crippen LogP contribution in [0.3, 0.4) is 0 Å². The molecule has 0 aliphatic carbocycles. The van der Waals surface area contributed by atoms with Gasteiger partial charge in [0.2, 0.25) is 0 Å². The third-order valence-corrected chi connectivity index (χ3v) is 2.93. The molecule has 0 aliphatic heterocycles. The van der Waals surface area contributed by atoms with Crippen LogP contribution in [0.25, 0.3) is 0 Å². The molecule has 0 radical (unpaired) electrons. The fourth-order valence-electron chi connectivity index (χ4n) is 1.29. The second kappa shape index (κ2) is 5.66. The Hall–Kier alpha value is -1.34. The zero-order valence-corrected chi connectivity index (χ0v) is 10.9. The average Bonchev–Trinajstić information content (AvgIpc) is 2.27. The molecule has 0 saturated heterocycles. The Kier molecular flexibility index (Phi) is 4.51. The number of nitrogens with zero attached hydrogens (tertiary/aromatic N) is 2. The third kappa shape index (κ3) is 3.07. The van der Waals surface area contributed by atoms with Gasteiger partial charge >= 0.3 is 0 Å². The van der Waals surface area contributed by atoms with Crippen molar-refractivity contribution < 1.29 is 4.79 Å². The van der Waals surface area contributed by atoms with E-state index >= 15 is 0 Å². The minimum absolute atomic E-state index is 0.0657. The van der Waals surface area contributed by atoms with Crippen molar-refractivity contribution in [2.24, 2.45) is 0 Å². The quantitative estimate of drug-likeness (QED) is 0.855. The van der Waals surface area contributed by atoms with Gasteiger partial charge in [0.15, 0.2) is 0 Å². The molecule has 1 rings (SSSR count). The summed E-state index contributed by atoms with van der Waals surface area (Å²) in [4.78, 5) is 13.6. The number of hydrogen-bond donors (Lipinski definition) is 0. The fourth-order valence-corrected chi connectivity index (χ4v) is 1.69. The summed E-state index contributed by atoms with van der Waals surface area (Å²) in [6.07, 6.45) is 0.343. The molecule has 0 heterocycles. The monoisotopic (exact) mass is 280 g/mol. The lowest BCUT2D eigenvalue weighted by Gasteiger charge is -2.23. The maximum atomic E-state index is 12.0. The third-order valence-electron chi connectivity index (χ3n) is 2.44. The first-order valence-electron chi connectivity index (χ1n) is 4.96. The zero-order chi connectivity index (χ0) is 12.1. The van der Waals surface area contributed by atoms with Gasteiger partial charge in [0.1, 0.15) is 0 Å². The highest BCUT2D eigenvalue weighted by Crippen LogP contribution is 2.14. The summed E-state index contributed by atoms with van der Waals surface area (Å²) in [5.41, 5.74) is 0.627. The molecule has 0 saturated carbocycles. The molecule has 0 aliphatic rings. The zero-order valence-electron chi connectivity index (χ0n) is 9.27. The number of carbonyl (C=O) groups excluding carboxylic acids is 1. The molecule has 0 fully saturated rings. The van der Waals surface area contributed by atoms with Gasteiger partial charge in [-0.3, -0.25) is 4.79 Å². The summed E-state index contributed by atoms with van der Waals surface area (Å²) >= 11 is 3.32. The van der Waals surface area contributed by atoms with Gasteiger partial charge in [-0.2, -0.15) is 5.26 Å². The molecule has 0 spiro atoms. The van der Waals surface area contributed by atoms with Crippen LogP contribution in [0.1, 0.15) is 23.7 Å². The molecule has 1 atom stereocenters. The van der Waals surface area contributed by atoms with Crippen LogP contribution in [0.5, 0.6) is 0 Å². The van der Waals surface area contributed by atoms with Crippen molar-refractivity contribution in [1.82, 2.24) is 4.90 Å². The molecule has 0 bridgehead atoms. The highest BCUT2D eigenvalue weighted by molar-refractivity contribution is 9.10. The van der Waals surface area contributed by atoms with E-state index < -0.39 is 0 Å². The van der Waals surface area contributed by atoms with Gasteiger partial charge in [-0.15, -0.1) is 0 Å². The second-order valence-corrected chi connectivity index (χ2v) is 4.55. The van der Waals surface area contributed by atoms with Crippen molar-refractivity contribution in [3.05, 3.63) is 34.3 Å². The van der Waals surface area contributed by atoms with Crippen LogP contribution in [0.2, 0.25) is 0 Å². The van der Waals surface area contributed by atoms with Crippen LogP contribution in [0.15, 0.2) is 28.7 Å². The Morgan fingerprint density at radius 2 is 2.31 bits per heavy atom. The number of rotatable bonds is 3. The summed E-state index contributed by atoms with van der Waals surface area (Å²) in [6.45, 7) is 1.86. The first-order chi connectivity index (χ1) is 7.56. The average molecular weight is 281 g/mol. The van der Waals surface area contributed by atoms with Crippen LogP contribution < -0.4 is 0 Å². The minimum Gasteiger partial charge on any atom is -0.338 e. The Bertz CT molecular complexity index is 425. The van der Waals surface area contributed by atoms with Crippen molar-refractivity contribution >= 4 is 21.8 Å². The smallest absolute Gasteiger partial charge is 0.253 e. The minimum atomic E-state index is -0.0727. The van der Waals surface area contributed by atoms with Gasteiger partial charge in [0.25, 0.3) is 5.91 Å². The Morgan fingerprint density at radius 1 is 1.62 bits per heavy atom. The van der Waals surface area contributed by atoms with Crippen molar-refractivity contribution in [3.63, 3.8) is 0 Å². The Balaban J connectivity index is 2.82. The van der Waals surface area contributed by atoms with Gasteiger partial charge in [-0.1, -0.05) is 22.0 Å². The van der Waals surface area contributed by atoms with E-state index in [0.717, 1.165) is 4.47 Å². The van der Waals surface area contributed by atoms with Gasteiger partial charge in [-0.25, -0.2) is 0 Å². The molecular weight excluding hydrogens is 268 g/mol. The predicted octanol–water partition coefficient (Wildman–Crippen LogP) is 2.82. The van der Waals surface area contributed by atoms with Crippen LogP contribution in [-0.4, -0.2) is 23.9 Å². The summed E-state index contributed by atoms with van der Waals surface area (Å²) in [7, 11) is 1.71. The van der Waals surface area contributed by atoms with E-state index in [1.54, 1.807) is 24.1 Å². The summed E-state index contributed by atoms with van der Waals surface area (Å²) in [6, 6.07) is 9.22. The topological polar surface area (TPSA) is 44.1 Å².